The third kappa shape index (κ3) is 7.05. The quantitative estimate of drug-likeness (QED) is 0.558. The average molecular weight is 240 g/mol. The average Bonchev–Trinajstić information content (AvgIpc) is 3.12. The van der Waals surface area contributed by atoms with Crippen molar-refractivity contribution in [3.63, 3.8) is 0 Å². The second-order valence-corrected chi connectivity index (χ2v) is 5.68. The highest BCUT2D eigenvalue weighted by molar-refractivity contribution is 4.79. The fraction of sp³-hybridized carbons (Fsp3) is 1.00. The molecule has 2 nitrogen and oxygen atoms in total. The third-order valence-electron chi connectivity index (χ3n) is 3.73. The SMILES string of the molecule is CCCNCCCC(C)N(CCC)CC1CC1. The molecule has 0 aromatic rings. The molecular weight excluding hydrogens is 208 g/mol. The molecule has 0 aromatic heterocycles. The maximum Gasteiger partial charge on any atom is 0.00675 e. The highest BCUT2D eigenvalue weighted by atomic mass is 15.2. The molecule has 1 N–H and O–H groups in total. The molecule has 0 bridgehead atoms. The molecule has 1 saturated carbocycles. The highest BCUT2D eigenvalue weighted by Crippen LogP contribution is 2.30. The lowest BCUT2D eigenvalue weighted by Gasteiger charge is -2.29. The monoisotopic (exact) mass is 240 g/mol. The summed E-state index contributed by atoms with van der Waals surface area (Å²) in [5, 5.41) is 3.50. The van der Waals surface area contributed by atoms with Crippen LogP contribution in [0.1, 0.15) is 59.3 Å². The summed E-state index contributed by atoms with van der Waals surface area (Å²) in [6, 6.07) is 0.777. The number of hydrogen-bond donors (Lipinski definition) is 1. The summed E-state index contributed by atoms with van der Waals surface area (Å²) in [6.07, 6.45) is 8.18. The van der Waals surface area contributed by atoms with E-state index >= 15 is 0 Å². The van der Waals surface area contributed by atoms with E-state index in [9.17, 15) is 0 Å². The molecule has 1 atom stereocenters. The molecule has 1 unspecified atom stereocenters. The Morgan fingerprint density at radius 3 is 2.53 bits per heavy atom. The molecule has 0 heterocycles. The molecule has 102 valence electrons. The number of rotatable bonds is 11. The molecule has 0 spiro atoms. The van der Waals surface area contributed by atoms with Crippen molar-refractivity contribution in [2.45, 2.75) is 65.3 Å². The normalized spacial score (nSPS) is 17.6. The van der Waals surface area contributed by atoms with E-state index in [0.29, 0.717) is 0 Å². The second kappa shape index (κ2) is 8.93. The summed E-state index contributed by atoms with van der Waals surface area (Å²) in [6.45, 7) is 12.0. The van der Waals surface area contributed by atoms with Crippen molar-refractivity contribution in [2.24, 2.45) is 5.92 Å². The largest absolute Gasteiger partial charge is 0.317 e. The van der Waals surface area contributed by atoms with Crippen LogP contribution >= 0.6 is 0 Å². The van der Waals surface area contributed by atoms with Gasteiger partial charge in [-0.2, -0.15) is 0 Å². The summed E-state index contributed by atoms with van der Waals surface area (Å²) in [5.41, 5.74) is 0. The zero-order chi connectivity index (χ0) is 12.5. The molecule has 1 fully saturated rings. The van der Waals surface area contributed by atoms with E-state index in [0.717, 1.165) is 12.0 Å². The lowest BCUT2D eigenvalue weighted by atomic mass is 10.1. The topological polar surface area (TPSA) is 15.3 Å². The number of nitrogens with zero attached hydrogens (tertiary/aromatic N) is 1. The van der Waals surface area contributed by atoms with Crippen molar-refractivity contribution >= 4 is 0 Å². The molecule has 0 radical (unpaired) electrons. The van der Waals surface area contributed by atoms with Crippen molar-refractivity contribution in [3.8, 4) is 0 Å². The van der Waals surface area contributed by atoms with Gasteiger partial charge in [-0.3, -0.25) is 0 Å². The molecular formula is C15H32N2. The zero-order valence-electron chi connectivity index (χ0n) is 12.2. The van der Waals surface area contributed by atoms with Crippen molar-refractivity contribution in [1.29, 1.82) is 0 Å². The van der Waals surface area contributed by atoms with Crippen LogP contribution in [0.15, 0.2) is 0 Å². The second-order valence-electron chi connectivity index (χ2n) is 5.68. The molecule has 1 rings (SSSR count). The Kier molecular flexibility index (Phi) is 7.87. The molecule has 17 heavy (non-hydrogen) atoms. The Morgan fingerprint density at radius 2 is 1.94 bits per heavy atom. The van der Waals surface area contributed by atoms with E-state index in [1.807, 2.05) is 0 Å². The molecule has 0 amide bonds. The molecule has 1 aliphatic rings. The van der Waals surface area contributed by atoms with Gasteiger partial charge in [0.05, 0.1) is 0 Å². The van der Waals surface area contributed by atoms with Crippen LogP contribution in [-0.2, 0) is 0 Å². The fourth-order valence-corrected chi connectivity index (χ4v) is 2.42. The Morgan fingerprint density at radius 1 is 1.18 bits per heavy atom. The highest BCUT2D eigenvalue weighted by Gasteiger charge is 2.25. The van der Waals surface area contributed by atoms with Gasteiger partial charge in [-0.1, -0.05) is 13.8 Å². The number of hydrogen-bond acceptors (Lipinski definition) is 2. The molecule has 2 heteroatoms. The Bertz CT molecular complexity index is 178. The van der Waals surface area contributed by atoms with Gasteiger partial charge >= 0.3 is 0 Å². The molecule has 0 saturated heterocycles. The van der Waals surface area contributed by atoms with Crippen LogP contribution in [0.2, 0.25) is 0 Å². The van der Waals surface area contributed by atoms with Crippen molar-refractivity contribution in [3.05, 3.63) is 0 Å². The van der Waals surface area contributed by atoms with Gasteiger partial charge < -0.3 is 10.2 Å². The lowest BCUT2D eigenvalue weighted by Crippen LogP contribution is -2.36. The van der Waals surface area contributed by atoms with Crippen LogP contribution < -0.4 is 5.32 Å². The van der Waals surface area contributed by atoms with Crippen LogP contribution in [0.25, 0.3) is 0 Å². The van der Waals surface area contributed by atoms with Gasteiger partial charge in [0.15, 0.2) is 0 Å². The first-order valence-corrected chi connectivity index (χ1v) is 7.72. The smallest absolute Gasteiger partial charge is 0.00675 e. The van der Waals surface area contributed by atoms with Crippen LogP contribution in [0, 0.1) is 5.92 Å². The Balaban J connectivity index is 2.09. The molecule has 1 aliphatic carbocycles. The van der Waals surface area contributed by atoms with E-state index in [1.165, 1.54) is 64.7 Å². The fourth-order valence-electron chi connectivity index (χ4n) is 2.42. The van der Waals surface area contributed by atoms with Crippen molar-refractivity contribution < 1.29 is 0 Å². The van der Waals surface area contributed by atoms with Gasteiger partial charge in [-0.05, 0) is 71.0 Å². The minimum absolute atomic E-state index is 0.777. The van der Waals surface area contributed by atoms with E-state index in [-0.39, 0.29) is 0 Å². The summed E-state index contributed by atoms with van der Waals surface area (Å²) in [4.78, 5) is 2.72. The van der Waals surface area contributed by atoms with Gasteiger partial charge in [0.25, 0.3) is 0 Å². The number of nitrogens with one attached hydrogen (secondary N) is 1. The summed E-state index contributed by atoms with van der Waals surface area (Å²) < 4.78 is 0. The molecule has 0 aromatic carbocycles. The van der Waals surface area contributed by atoms with Crippen LogP contribution in [-0.4, -0.2) is 37.1 Å². The predicted molar refractivity (Wildman–Crippen MR) is 76.4 cm³/mol. The van der Waals surface area contributed by atoms with E-state index in [1.54, 1.807) is 0 Å². The van der Waals surface area contributed by atoms with Gasteiger partial charge in [0.1, 0.15) is 0 Å². The van der Waals surface area contributed by atoms with Crippen LogP contribution in [0.4, 0.5) is 0 Å². The standard InChI is InChI=1S/C15H32N2/c1-4-10-16-11-6-7-14(3)17(12-5-2)13-15-8-9-15/h14-16H,4-13H2,1-3H3. The summed E-state index contributed by atoms with van der Waals surface area (Å²) in [7, 11) is 0. The first-order valence-electron chi connectivity index (χ1n) is 7.72. The first-order chi connectivity index (χ1) is 8.27. The first kappa shape index (κ1) is 15.0. The van der Waals surface area contributed by atoms with Gasteiger partial charge in [-0.25, -0.2) is 0 Å². The third-order valence-corrected chi connectivity index (χ3v) is 3.73. The minimum atomic E-state index is 0.777. The van der Waals surface area contributed by atoms with E-state index in [2.05, 4.69) is 31.0 Å². The summed E-state index contributed by atoms with van der Waals surface area (Å²) >= 11 is 0. The minimum Gasteiger partial charge on any atom is -0.317 e. The van der Waals surface area contributed by atoms with Gasteiger partial charge in [0.2, 0.25) is 0 Å². The molecule has 0 aliphatic heterocycles. The van der Waals surface area contributed by atoms with E-state index < -0.39 is 0 Å². The summed E-state index contributed by atoms with van der Waals surface area (Å²) in [5.74, 6) is 1.03. The predicted octanol–water partition coefficient (Wildman–Crippen LogP) is 3.28. The van der Waals surface area contributed by atoms with Gasteiger partial charge in [-0.15, -0.1) is 0 Å². The maximum atomic E-state index is 3.50. The van der Waals surface area contributed by atoms with Crippen LogP contribution in [0.3, 0.4) is 0 Å². The van der Waals surface area contributed by atoms with Crippen molar-refractivity contribution in [1.82, 2.24) is 10.2 Å². The van der Waals surface area contributed by atoms with Crippen LogP contribution in [0.5, 0.6) is 0 Å². The van der Waals surface area contributed by atoms with Gasteiger partial charge in [0, 0.05) is 12.6 Å². The Hall–Kier alpha value is -0.0800. The van der Waals surface area contributed by atoms with Crippen molar-refractivity contribution in [2.75, 3.05) is 26.2 Å². The lowest BCUT2D eigenvalue weighted by molar-refractivity contribution is 0.189. The maximum absolute atomic E-state index is 3.50. The zero-order valence-corrected chi connectivity index (χ0v) is 12.2. The van der Waals surface area contributed by atoms with E-state index in [4.69, 9.17) is 0 Å². The Labute approximate surface area is 108 Å².